The molecule has 0 radical (unpaired) electrons. The van der Waals surface area contributed by atoms with Gasteiger partial charge in [-0.15, -0.1) is 0 Å². The van der Waals surface area contributed by atoms with Crippen molar-refractivity contribution in [1.82, 2.24) is 14.7 Å². The fraction of sp³-hybridized carbons (Fsp3) is 0.333. The Morgan fingerprint density at radius 3 is 2.62 bits per heavy atom. The second kappa shape index (κ2) is 5.93. The standard InChI is InChI=1S/C9H12ClN3O2S/c1-2-3-4-5-13-16(14,15)8-6-11-9(10)12-7-8/h2-3,6-7,13H,4-5H2,1H3/b3-2+. The highest BCUT2D eigenvalue weighted by molar-refractivity contribution is 7.89. The number of halogens is 1. The van der Waals surface area contributed by atoms with Crippen LogP contribution in [-0.2, 0) is 10.0 Å². The monoisotopic (exact) mass is 261 g/mol. The van der Waals surface area contributed by atoms with Gasteiger partial charge in [-0.25, -0.2) is 23.1 Å². The second-order valence-corrected chi connectivity index (χ2v) is 5.05. The van der Waals surface area contributed by atoms with Crippen LogP contribution in [0, 0.1) is 0 Å². The van der Waals surface area contributed by atoms with Crippen molar-refractivity contribution in [2.45, 2.75) is 18.2 Å². The molecule has 1 N–H and O–H groups in total. The maximum absolute atomic E-state index is 11.6. The summed E-state index contributed by atoms with van der Waals surface area (Å²) in [4.78, 5) is 7.23. The van der Waals surface area contributed by atoms with Gasteiger partial charge in [0.25, 0.3) is 0 Å². The second-order valence-electron chi connectivity index (χ2n) is 2.94. The Morgan fingerprint density at radius 1 is 1.44 bits per heavy atom. The molecule has 5 nitrogen and oxygen atoms in total. The smallest absolute Gasteiger partial charge is 0.225 e. The zero-order valence-corrected chi connectivity index (χ0v) is 10.3. The van der Waals surface area contributed by atoms with Gasteiger partial charge in [0.15, 0.2) is 0 Å². The average Bonchev–Trinajstić information content (AvgIpc) is 2.25. The molecule has 88 valence electrons. The quantitative estimate of drug-likeness (QED) is 0.494. The Kier molecular flexibility index (Phi) is 4.85. The Morgan fingerprint density at radius 2 is 2.06 bits per heavy atom. The molecule has 0 bridgehead atoms. The molecular formula is C9H12ClN3O2S. The van der Waals surface area contributed by atoms with Gasteiger partial charge in [0.1, 0.15) is 4.90 Å². The molecule has 0 aliphatic carbocycles. The van der Waals surface area contributed by atoms with E-state index in [4.69, 9.17) is 11.6 Å². The van der Waals surface area contributed by atoms with Crippen LogP contribution in [-0.4, -0.2) is 24.9 Å². The lowest BCUT2D eigenvalue weighted by molar-refractivity contribution is 0.581. The van der Waals surface area contributed by atoms with Crippen LogP contribution in [0.2, 0.25) is 5.28 Å². The Bertz CT molecular complexity index is 456. The minimum absolute atomic E-state index is 0.0115. The number of nitrogens with one attached hydrogen (secondary N) is 1. The van der Waals surface area contributed by atoms with Gasteiger partial charge < -0.3 is 0 Å². The number of hydrogen-bond donors (Lipinski definition) is 1. The largest absolute Gasteiger partial charge is 0.243 e. The number of aromatic nitrogens is 2. The minimum Gasteiger partial charge on any atom is -0.225 e. The molecule has 1 aromatic rings. The van der Waals surface area contributed by atoms with Crippen LogP contribution in [0.5, 0.6) is 0 Å². The third kappa shape index (κ3) is 3.88. The van der Waals surface area contributed by atoms with Gasteiger partial charge in [0.05, 0.1) is 12.4 Å². The number of sulfonamides is 1. The fourth-order valence-corrected chi connectivity index (χ4v) is 2.00. The van der Waals surface area contributed by atoms with Crippen molar-refractivity contribution in [3.63, 3.8) is 0 Å². The molecule has 0 amide bonds. The molecule has 0 aromatic carbocycles. The van der Waals surface area contributed by atoms with E-state index in [1.54, 1.807) is 0 Å². The molecule has 7 heteroatoms. The summed E-state index contributed by atoms with van der Waals surface area (Å²) >= 11 is 5.46. The number of rotatable bonds is 5. The highest BCUT2D eigenvalue weighted by Gasteiger charge is 2.13. The summed E-state index contributed by atoms with van der Waals surface area (Å²) in [5, 5.41) is 0.0212. The first-order chi connectivity index (χ1) is 7.56. The van der Waals surface area contributed by atoms with E-state index in [2.05, 4.69) is 14.7 Å². The molecule has 0 spiro atoms. The van der Waals surface area contributed by atoms with Gasteiger partial charge in [-0.05, 0) is 24.9 Å². The van der Waals surface area contributed by atoms with Crippen molar-refractivity contribution in [1.29, 1.82) is 0 Å². The van der Waals surface area contributed by atoms with Gasteiger partial charge in [-0.3, -0.25) is 0 Å². The molecule has 16 heavy (non-hydrogen) atoms. The summed E-state index contributed by atoms with van der Waals surface area (Å²) in [7, 11) is -3.53. The Balaban J connectivity index is 2.67. The maximum Gasteiger partial charge on any atom is 0.243 e. The van der Waals surface area contributed by atoms with Gasteiger partial charge in [0, 0.05) is 6.54 Å². The average molecular weight is 262 g/mol. The van der Waals surface area contributed by atoms with E-state index in [1.807, 2.05) is 19.1 Å². The molecule has 0 saturated heterocycles. The van der Waals surface area contributed by atoms with Gasteiger partial charge >= 0.3 is 0 Å². The minimum atomic E-state index is -3.53. The molecule has 1 aromatic heterocycles. The topological polar surface area (TPSA) is 72.0 Å². The molecule has 0 saturated carbocycles. The zero-order chi connectivity index (χ0) is 12.0. The third-order valence-electron chi connectivity index (χ3n) is 1.75. The van der Waals surface area contributed by atoms with Crippen LogP contribution in [0.25, 0.3) is 0 Å². The lowest BCUT2D eigenvalue weighted by Gasteiger charge is -2.04. The molecular weight excluding hydrogens is 250 g/mol. The molecule has 0 atom stereocenters. The van der Waals surface area contributed by atoms with Gasteiger partial charge in [-0.2, -0.15) is 0 Å². The van der Waals surface area contributed by atoms with E-state index >= 15 is 0 Å². The normalized spacial score (nSPS) is 12.1. The highest BCUT2D eigenvalue weighted by Crippen LogP contribution is 2.07. The van der Waals surface area contributed by atoms with Crippen molar-refractivity contribution in [2.75, 3.05) is 6.54 Å². The summed E-state index contributed by atoms with van der Waals surface area (Å²) in [6, 6.07) is 0. The van der Waals surface area contributed by atoms with Crippen molar-refractivity contribution in [3.05, 3.63) is 29.8 Å². The van der Waals surface area contributed by atoms with Crippen LogP contribution in [0.1, 0.15) is 13.3 Å². The lowest BCUT2D eigenvalue weighted by Crippen LogP contribution is -2.24. The molecule has 0 aliphatic rings. The summed E-state index contributed by atoms with van der Waals surface area (Å²) in [6.07, 6.45) is 6.73. The van der Waals surface area contributed by atoms with Crippen molar-refractivity contribution >= 4 is 21.6 Å². The fourth-order valence-electron chi connectivity index (χ4n) is 0.966. The Hall–Kier alpha value is -0.980. The maximum atomic E-state index is 11.6. The molecule has 0 unspecified atom stereocenters. The molecule has 0 fully saturated rings. The summed E-state index contributed by atoms with van der Waals surface area (Å²) in [5.41, 5.74) is 0. The van der Waals surface area contributed by atoms with E-state index < -0.39 is 10.0 Å². The highest BCUT2D eigenvalue weighted by atomic mass is 35.5. The third-order valence-corrected chi connectivity index (χ3v) is 3.36. The first-order valence-corrected chi connectivity index (χ1v) is 6.51. The zero-order valence-electron chi connectivity index (χ0n) is 8.72. The predicted molar refractivity (Wildman–Crippen MR) is 61.7 cm³/mol. The van der Waals surface area contributed by atoms with Crippen molar-refractivity contribution < 1.29 is 8.42 Å². The number of nitrogens with zero attached hydrogens (tertiary/aromatic N) is 2. The van der Waals surface area contributed by atoms with Crippen LogP contribution < -0.4 is 4.72 Å². The van der Waals surface area contributed by atoms with Crippen LogP contribution >= 0.6 is 11.6 Å². The van der Waals surface area contributed by atoms with Gasteiger partial charge in [0.2, 0.25) is 15.3 Å². The Labute approximate surface area is 99.6 Å². The lowest BCUT2D eigenvalue weighted by atomic mass is 10.4. The first-order valence-electron chi connectivity index (χ1n) is 4.64. The first kappa shape index (κ1) is 13.1. The van der Waals surface area contributed by atoms with Crippen molar-refractivity contribution in [3.8, 4) is 0 Å². The van der Waals surface area contributed by atoms with E-state index in [0.717, 1.165) is 0 Å². The molecule has 0 aliphatic heterocycles. The number of allylic oxidation sites excluding steroid dienone is 1. The van der Waals surface area contributed by atoms with E-state index in [1.165, 1.54) is 12.4 Å². The van der Waals surface area contributed by atoms with Crippen LogP contribution in [0.3, 0.4) is 0 Å². The molecule has 1 heterocycles. The van der Waals surface area contributed by atoms with E-state index in [9.17, 15) is 8.42 Å². The van der Waals surface area contributed by atoms with Crippen LogP contribution in [0.15, 0.2) is 29.4 Å². The summed E-state index contributed by atoms with van der Waals surface area (Å²) < 4.78 is 25.7. The SMILES string of the molecule is C/C=C/CCNS(=O)(=O)c1cnc(Cl)nc1. The summed E-state index contributed by atoms with van der Waals surface area (Å²) in [5.74, 6) is 0. The van der Waals surface area contributed by atoms with E-state index in [0.29, 0.717) is 13.0 Å². The summed E-state index contributed by atoms with van der Waals surface area (Å²) in [6.45, 7) is 2.22. The van der Waals surface area contributed by atoms with E-state index in [-0.39, 0.29) is 10.2 Å². The van der Waals surface area contributed by atoms with Crippen molar-refractivity contribution in [2.24, 2.45) is 0 Å². The number of hydrogen-bond acceptors (Lipinski definition) is 4. The van der Waals surface area contributed by atoms with Gasteiger partial charge in [-0.1, -0.05) is 12.2 Å². The predicted octanol–water partition coefficient (Wildman–Crippen LogP) is 1.37. The molecule has 1 rings (SSSR count). The van der Waals surface area contributed by atoms with Crippen LogP contribution in [0.4, 0.5) is 0 Å².